The van der Waals surface area contributed by atoms with E-state index < -0.39 is 19.9 Å². The van der Waals surface area contributed by atoms with Crippen LogP contribution in [0.15, 0.2) is 147 Å². The number of hydrogen-bond acceptors (Lipinski definition) is 15. The summed E-state index contributed by atoms with van der Waals surface area (Å²) in [7, 11) is -6.45. The molecule has 2 aliphatic rings. The van der Waals surface area contributed by atoms with Gasteiger partial charge in [-0.25, -0.2) is 26.8 Å². The van der Waals surface area contributed by atoms with Gasteiger partial charge in [0.2, 0.25) is 16.1 Å². The number of aromatic nitrogens is 2. The van der Waals surface area contributed by atoms with Crippen molar-refractivity contribution in [1.29, 1.82) is 0 Å². The number of benzene rings is 6. The summed E-state index contributed by atoms with van der Waals surface area (Å²) in [5, 5.41) is 16.9. The van der Waals surface area contributed by atoms with E-state index in [0.717, 1.165) is 82.1 Å². The summed E-state index contributed by atoms with van der Waals surface area (Å²) in [6.07, 6.45) is 4.55. The molecule has 14 nitrogen and oxygen atoms in total. The normalized spacial score (nSPS) is 13.3. The van der Waals surface area contributed by atoms with Gasteiger partial charge in [0.1, 0.15) is 53.4 Å². The molecule has 2 fully saturated rings. The maximum atomic E-state index is 12.5. The molecule has 86 heavy (non-hydrogen) atoms. The average Bonchev–Trinajstić information content (AvgIpc) is 3.90. The van der Waals surface area contributed by atoms with Crippen molar-refractivity contribution in [2.45, 2.75) is 95.3 Å². The summed E-state index contributed by atoms with van der Waals surface area (Å²) in [6, 6.07) is 42.1. The number of thiophene rings is 2. The van der Waals surface area contributed by atoms with E-state index in [2.05, 4.69) is 27.4 Å². The molecule has 0 amide bonds. The van der Waals surface area contributed by atoms with Crippen molar-refractivity contribution in [3.05, 3.63) is 182 Å². The number of aliphatic imine (C=N–C) groups is 1. The molecule has 0 bridgehead atoms. The van der Waals surface area contributed by atoms with Crippen LogP contribution >= 0.6 is 69.1 Å². The van der Waals surface area contributed by atoms with Crippen LogP contribution in [0.5, 0.6) is 11.5 Å². The molecule has 6 aromatic carbocycles. The number of Topliss-reactive ketones (excluding diaryl/α,β-unsaturated/α-hetero) is 1. The number of carbonyl (C=O) groups is 1. The van der Waals surface area contributed by atoms with Crippen LogP contribution in [-0.4, -0.2) is 55.3 Å². The molecule has 0 unspecified atom stereocenters. The summed E-state index contributed by atoms with van der Waals surface area (Å²) in [5.41, 5.74) is 7.38. The fraction of sp³-hybridized carbons (Fsp3) is 0.250. The zero-order valence-corrected chi connectivity index (χ0v) is 53.1. The molecule has 444 valence electrons. The number of fused-ring (bicyclic) bond motifs is 2. The Bertz CT molecular complexity index is 4400. The average molecular weight is 1310 g/mol. The Kier molecular flexibility index (Phi) is 19.4. The van der Waals surface area contributed by atoms with E-state index in [1.165, 1.54) is 0 Å². The number of rotatable bonds is 19. The maximum Gasteiger partial charge on any atom is 0.240 e. The second-order valence-electron chi connectivity index (χ2n) is 21.4. The Morgan fingerprint density at radius 1 is 0.628 bits per heavy atom. The lowest BCUT2D eigenvalue weighted by molar-refractivity contribution is -0.116. The van der Waals surface area contributed by atoms with E-state index >= 15 is 0 Å². The lowest BCUT2D eigenvalue weighted by Gasteiger charge is -2.11. The maximum absolute atomic E-state index is 12.5. The Balaban J connectivity index is 0.000000173. The molecule has 0 atom stereocenters. The topological polar surface area (TPSA) is 211 Å². The number of nitrogens with two attached hydrogens (primary N) is 1. The van der Waals surface area contributed by atoms with Gasteiger partial charge in [0.25, 0.3) is 0 Å². The van der Waals surface area contributed by atoms with Crippen molar-refractivity contribution >= 4 is 127 Å². The summed E-state index contributed by atoms with van der Waals surface area (Å²) < 4.78 is 70.8. The molecule has 0 aliphatic heterocycles. The predicted octanol–water partition coefficient (Wildman–Crippen LogP) is 17.6. The van der Waals surface area contributed by atoms with E-state index in [9.17, 15) is 26.4 Å². The zero-order chi connectivity index (χ0) is 61.0. The van der Waals surface area contributed by atoms with Gasteiger partial charge in [-0.1, -0.05) is 127 Å². The molecular formula is C64H56Cl4N4O10S4. The van der Waals surface area contributed by atoms with Crippen LogP contribution in [0, 0.1) is 0 Å². The fourth-order valence-electron chi connectivity index (χ4n) is 9.53. The van der Waals surface area contributed by atoms with E-state index in [1.807, 2.05) is 107 Å². The minimum Gasteiger partial charge on any atom is -0.489 e. The smallest absolute Gasteiger partial charge is 0.240 e. The largest absolute Gasteiger partial charge is 0.489 e. The number of sulfone groups is 1. The van der Waals surface area contributed by atoms with Gasteiger partial charge in [0.15, 0.2) is 15.6 Å². The van der Waals surface area contributed by atoms with Gasteiger partial charge in [-0.05, 0) is 144 Å². The first-order valence-corrected chi connectivity index (χ1v) is 33.8. The van der Waals surface area contributed by atoms with Crippen LogP contribution in [0.1, 0.15) is 93.4 Å². The molecule has 2 saturated carbocycles. The third-order valence-corrected chi connectivity index (χ3v) is 21.3. The number of primary sulfonamides is 1. The third kappa shape index (κ3) is 15.0. The van der Waals surface area contributed by atoms with Gasteiger partial charge in [-0.15, -0.1) is 22.7 Å². The van der Waals surface area contributed by atoms with E-state index in [0.29, 0.717) is 72.6 Å². The van der Waals surface area contributed by atoms with Crippen molar-refractivity contribution in [1.82, 2.24) is 10.3 Å². The third-order valence-electron chi connectivity index (χ3n) is 14.1. The molecular weight excluding hydrogens is 1250 g/mol. The highest BCUT2D eigenvalue weighted by Crippen LogP contribution is 2.43. The summed E-state index contributed by atoms with van der Waals surface area (Å²) in [6.45, 7) is 8.62. The molecule has 0 saturated heterocycles. The van der Waals surface area contributed by atoms with Crippen LogP contribution in [0.25, 0.3) is 63.6 Å². The second-order valence-corrected chi connectivity index (χ2v) is 29.3. The molecule has 4 aromatic heterocycles. The van der Waals surface area contributed by atoms with Crippen molar-refractivity contribution in [3.63, 3.8) is 0 Å². The quantitative estimate of drug-likeness (QED) is 0.0592. The van der Waals surface area contributed by atoms with E-state index in [4.69, 9.17) is 70.1 Å². The first kappa shape index (κ1) is 62.4. The Hall–Kier alpha value is -6.67. The Morgan fingerprint density at radius 3 is 1.51 bits per heavy atom. The number of hydrogen-bond donors (Lipinski definition) is 1. The SMILES string of the molecule is CC(C)c1onc(-c2c(Cl)cccc2Cl)c1COc1ccc2cc(-c3cccc(CC(=O)CS(=O)(=O)C4CC4)c3)sc2c1.CC(C)c1onc(-c2c(Cl)cccc2Cl)c1COc1ccc2cc(-c3cccc(N=C=O)c3)sc2c1.NS(=O)(=O)C1CC1. The summed E-state index contributed by atoms with van der Waals surface area (Å²) >= 11 is 29.2. The number of ketones is 1. The highest BCUT2D eigenvalue weighted by Gasteiger charge is 2.37. The van der Waals surface area contributed by atoms with E-state index in [1.54, 1.807) is 71.2 Å². The highest BCUT2D eigenvalue weighted by atomic mass is 35.5. The van der Waals surface area contributed by atoms with Crippen molar-refractivity contribution in [2.24, 2.45) is 10.1 Å². The monoisotopic (exact) mass is 1310 g/mol. The predicted molar refractivity (Wildman–Crippen MR) is 345 cm³/mol. The Labute approximate surface area is 525 Å². The molecule has 2 N–H and O–H groups in total. The van der Waals surface area contributed by atoms with Gasteiger partial charge in [0.05, 0.1) is 47.4 Å². The molecule has 4 heterocycles. The van der Waals surface area contributed by atoms with Gasteiger partial charge < -0.3 is 18.5 Å². The van der Waals surface area contributed by atoms with Crippen LogP contribution in [-0.2, 0) is 49.1 Å². The van der Waals surface area contributed by atoms with Crippen LogP contribution in [0.3, 0.4) is 0 Å². The molecule has 0 spiro atoms. The van der Waals surface area contributed by atoms with Crippen LogP contribution in [0.2, 0.25) is 20.1 Å². The minimum atomic E-state index is -3.32. The number of ether oxygens (including phenoxy) is 2. The lowest BCUT2D eigenvalue weighted by Crippen LogP contribution is -2.21. The van der Waals surface area contributed by atoms with Crippen LogP contribution in [0.4, 0.5) is 5.69 Å². The molecule has 0 radical (unpaired) electrons. The standard InChI is InChI=1S/C33H29Cl2NO5S2.C28H20Cl2N2O3S.C3H7NO2S/c1-19(2)33-26(32(36-41-33)31-27(34)7-4-8-28(31)35)17-40-24-10-9-22-15-29(42-30(22)16-24)21-6-3-5-20(13-21)14-23(37)18-43(38,39)25-11-12-25;1-16(2)28-21(27(32-35-28)26-22(29)7-4-8-23(26)30)14-34-20-10-9-18-12-24(36-25(18)13-20)17-5-3-6-19(11-17)31-15-33;4-7(5,6)3-1-2-3/h3-10,13,15-16,19,25H,11-12,14,17-18H2,1-2H3;3-13,16H,14H2,1-2H3;3H,1-2H2,(H2,4,5,6). The number of isocyanates is 1. The fourth-order valence-corrected chi connectivity index (χ4v) is 15.3. The first-order chi connectivity index (χ1) is 41.1. The van der Waals surface area contributed by atoms with Crippen LogP contribution < -0.4 is 14.6 Å². The minimum absolute atomic E-state index is 0.0807. The van der Waals surface area contributed by atoms with E-state index in [-0.39, 0.29) is 53.5 Å². The van der Waals surface area contributed by atoms with Crippen molar-refractivity contribution in [2.75, 3.05) is 5.75 Å². The number of nitrogens with zero attached hydrogens (tertiary/aromatic N) is 3. The van der Waals surface area contributed by atoms with Gasteiger partial charge in [-0.3, -0.25) is 4.79 Å². The number of sulfonamides is 1. The lowest BCUT2D eigenvalue weighted by atomic mass is 10.0. The first-order valence-electron chi connectivity index (χ1n) is 27.3. The zero-order valence-electron chi connectivity index (χ0n) is 46.8. The molecule has 22 heteroatoms. The Morgan fingerprint density at radius 2 is 1.08 bits per heavy atom. The van der Waals surface area contributed by atoms with Gasteiger partial charge >= 0.3 is 0 Å². The van der Waals surface area contributed by atoms with Gasteiger partial charge in [-0.2, -0.15) is 4.99 Å². The molecule has 2 aliphatic carbocycles. The van der Waals surface area contributed by atoms with Gasteiger partial charge in [0, 0.05) is 48.5 Å². The highest BCUT2D eigenvalue weighted by molar-refractivity contribution is 7.93. The number of carbonyl (C=O) groups excluding carboxylic acids is 2. The summed E-state index contributed by atoms with van der Waals surface area (Å²) in [5.74, 6) is 2.41. The van der Waals surface area contributed by atoms with Crippen molar-refractivity contribution in [3.8, 4) is 54.9 Å². The summed E-state index contributed by atoms with van der Waals surface area (Å²) in [4.78, 5) is 29.0. The molecule has 10 aromatic rings. The van der Waals surface area contributed by atoms with Crippen molar-refractivity contribution < 1.29 is 44.9 Å². The molecule has 12 rings (SSSR count). The second kappa shape index (κ2) is 26.7. The number of halogens is 4.